The van der Waals surface area contributed by atoms with Gasteiger partial charge in [-0.3, -0.25) is 0 Å². The summed E-state index contributed by atoms with van der Waals surface area (Å²) in [5.74, 6) is 5.08. The Balaban J connectivity index is 2.70. The van der Waals surface area contributed by atoms with E-state index in [0.717, 1.165) is 11.1 Å². The van der Waals surface area contributed by atoms with Crippen molar-refractivity contribution >= 4 is 0 Å². The highest BCUT2D eigenvalue weighted by molar-refractivity contribution is 5.80. The van der Waals surface area contributed by atoms with Crippen LogP contribution >= 0.6 is 0 Å². The molecule has 22 heavy (non-hydrogen) atoms. The zero-order valence-electron chi connectivity index (χ0n) is 13.1. The summed E-state index contributed by atoms with van der Waals surface area (Å²) >= 11 is 0. The fourth-order valence-electron chi connectivity index (χ4n) is 2.32. The molecule has 114 valence electrons. The highest BCUT2D eigenvalue weighted by Crippen LogP contribution is 2.45. The van der Waals surface area contributed by atoms with Crippen molar-refractivity contribution in [1.29, 1.82) is 0 Å². The Morgan fingerprint density at radius 3 is 2.00 bits per heavy atom. The van der Waals surface area contributed by atoms with Crippen LogP contribution in [0.4, 0.5) is 0 Å². The van der Waals surface area contributed by atoms with E-state index in [0.29, 0.717) is 28.6 Å². The van der Waals surface area contributed by atoms with Gasteiger partial charge in [-0.05, 0) is 30.3 Å². The highest BCUT2D eigenvalue weighted by atomic mass is 16.5. The van der Waals surface area contributed by atoms with Crippen LogP contribution in [0.5, 0.6) is 23.0 Å². The average molecular weight is 298 g/mol. The van der Waals surface area contributed by atoms with Gasteiger partial charge in [0.2, 0.25) is 5.75 Å². The molecular weight excluding hydrogens is 280 g/mol. The molecule has 2 aromatic rings. The molecule has 4 nitrogen and oxygen atoms in total. The van der Waals surface area contributed by atoms with E-state index >= 15 is 0 Å². The largest absolute Gasteiger partial charge is 0.497 e. The summed E-state index contributed by atoms with van der Waals surface area (Å²) in [5, 5.41) is 0. The average Bonchev–Trinajstić information content (AvgIpc) is 2.59. The molecule has 0 saturated carbocycles. The molecule has 0 N–H and O–H groups in total. The number of rotatable bonds is 5. The lowest BCUT2D eigenvalue weighted by molar-refractivity contribution is 0.325. The lowest BCUT2D eigenvalue weighted by Gasteiger charge is -2.17. The van der Waals surface area contributed by atoms with E-state index in [2.05, 4.69) is 5.92 Å². The topological polar surface area (TPSA) is 36.9 Å². The fraction of sp³-hybridized carbons (Fsp3) is 0.222. The van der Waals surface area contributed by atoms with Gasteiger partial charge in [0.05, 0.1) is 28.4 Å². The van der Waals surface area contributed by atoms with Crippen LogP contribution < -0.4 is 18.9 Å². The summed E-state index contributed by atoms with van der Waals surface area (Å²) in [7, 11) is 6.34. The Hall–Kier alpha value is -2.80. The SMILES string of the molecule is C#Cc1cc(OC)ccc1-c1ccc(OC)c(OC)c1OC. The van der Waals surface area contributed by atoms with Gasteiger partial charge in [0.1, 0.15) is 5.75 Å². The number of terminal acetylenes is 1. The zero-order valence-corrected chi connectivity index (χ0v) is 13.1. The second-order valence-electron chi connectivity index (χ2n) is 4.44. The molecule has 0 saturated heterocycles. The molecule has 0 fully saturated rings. The van der Waals surface area contributed by atoms with Crippen LogP contribution in [-0.2, 0) is 0 Å². The molecular formula is C18H18O4. The fourth-order valence-corrected chi connectivity index (χ4v) is 2.32. The Morgan fingerprint density at radius 1 is 0.773 bits per heavy atom. The van der Waals surface area contributed by atoms with Crippen molar-refractivity contribution in [2.24, 2.45) is 0 Å². The van der Waals surface area contributed by atoms with Gasteiger partial charge >= 0.3 is 0 Å². The van der Waals surface area contributed by atoms with Crippen LogP contribution in [-0.4, -0.2) is 28.4 Å². The van der Waals surface area contributed by atoms with Crippen molar-refractivity contribution in [1.82, 2.24) is 0 Å². The van der Waals surface area contributed by atoms with E-state index in [-0.39, 0.29) is 0 Å². The maximum absolute atomic E-state index is 5.63. The summed E-state index contributed by atoms with van der Waals surface area (Å²) in [5.41, 5.74) is 2.40. The molecule has 0 spiro atoms. The van der Waals surface area contributed by atoms with Gasteiger partial charge in [0.25, 0.3) is 0 Å². The monoisotopic (exact) mass is 298 g/mol. The van der Waals surface area contributed by atoms with Gasteiger partial charge in [0, 0.05) is 16.7 Å². The zero-order chi connectivity index (χ0) is 16.1. The molecule has 2 aromatic carbocycles. The predicted octanol–water partition coefficient (Wildman–Crippen LogP) is 3.37. The quantitative estimate of drug-likeness (QED) is 0.793. The lowest BCUT2D eigenvalue weighted by Crippen LogP contribution is -1.98. The van der Waals surface area contributed by atoms with Crippen LogP contribution in [0, 0.1) is 12.3 Å². The molecule has 0 aliphatic heterocycles. The van der Waals surface area contributed by atoms with Crippen molar-refractivity contribution in [2.45, 2.75) is 0 Å². The van der Waals surface area contributed by atoms with Gasteiger partial charge < -0.3 is 18.9 Å². The second-order valence-corrected chi connectivity index (χ2v) is 4.44. The van der Waals surface area contributed by atoms with E-state index in [1.807, 2.05) is 30.3 Å². The smallest absolute Gasteiger partial charge is 0.203 e. The summed E-state index contributed by atoms with van der Waals surface area (Å²) < 4.78 is 21.4. The normalized spacial score (nSPS) is 9.77. The molecule has 2 rings (SSSR count). The van der Waals surface area contributed by atoms with Crippen molar-refractivity contribution in [2.75, 3.05) is 28.4 Å². The summed E-state index contributed by atoms with van der Waals surface area (Å²) in [6.45, 7) is 0. The Bertz CT molecular complexity index is 714. The second kappa shape index (κ2) is 6.77. The van der Waals surface area contributed by atoms with Gasteiger partial charge in [-0.2, -0.15) is 0 Å². The Labute approximate surface area is 130 Å². The van der Waals surface area contributed by atoms with Crippen molar-refractivity contribution in [3.05, 3.63) is 35.9 Å². The van der Waals surface area contributed by atoms with Gasteiger partial charge in [-0.25, -0.2) is 0 Å². The van der Waals surface area contributed by atoms with Crippen molar-refractivity contribution in [3.63, 3.8) is 0 Å². The molecule has 0 aliphatic rings. The van der Waals surface area contributed by atoms with Crippen LogP contribution in [0.15, 0.2) is 30.3 Å². The first-order valence-corrected chi connectivity index (χ1v) is 6.64. The maximum Gasteiger partial charge on any atom is 0.203 e. The third-order valence-corrected chi connectivity index (χ3v) is 3.38. The molecule has 0 amide bonds. The Kier molecular flexibility index (Phi) is 4.80. The molecule has 0 aromatic heterocycles. The van der Waals surface area contributed by atoms with Crippen LogP contribution in [0.25, 0.3) is 11.1 Å². The predicted molar refractivity (Wildman–Crippen MR) is 86.0 cm³/mol. The van der Waals surface area contributed by atoms with E-state index < -0.39 is 0 Å². The van der Waals surface area contributed by atoms with Crippen molar-refractivity contribution < 1.29 is 18.9 Å². The minimum atomic E-state index is 0.529. The lowest BCUT2D eigenvalue weighted by atomic mass is 9.98. The molecule has 0 unspecified atom stereocenters. The molecule has 0 aliphatic carbocycles. The number of hydrogen-bond acceptors (Lipinski definition) is 4. The highest BCUT2D eigenvalue weighted by Gasteiger charge is 2.18. The Morgan fingerprint density at radius 2 is 1.45 bits per heavy atom. The summed E-state index contributed by atoms with van der Waals surface area (Å²) in [6, 6.07) is 9.28. The standard InChI is InChI=1S/C18H18O4/c1-6-12-11-13(19-2)7-8-14(12)15-9-10-16(20-3)18(22-5)17(15)21-4/h1,7-11H,2-5H3. The summed E-state index contributed by atoms with van der Waals surface area (Å²) in [6.07, 6.45) is 5.63. The number of hydrogen-bond donors (Lipinski definition) is 0. The van der Waals surface area contributed by atoms with Gasteiger partial charge in [-0.1, -0.05) is 5.92 Å². The minimum Gasteiger partial charge on any atom is -0.497 e. The van der Waals surface area contributed by atoms with Crippen LogP contribution in [0.2, 0.25) is 0 Å². The van der Waals surface area contributed by atoms with Crippen LogP contribution in [0.3, 0.4) is 0 Å². The van der Waals surface area contributed by atoms with E-state index in [4.69, 9.17) is 25.4 Å². The molecule has 0 bridgehead atoms. The number of ether oxygens (including phenoxy) is 4. The first-order chi connectivity index (χ1) is 10.7. The molecule has 0 radical (unpaired) electrons. The minimum absolute atomic E-state index is 0.529. The summed E-state index contributed by atoms with van der Waals surface area (Å²) in [4.78, 5) is 0. The van der Waals surface area contributed by atoms with Crippen LogP contribution in [0.1, 0.15) is 5.56 Å². The van der Waals surface area contributed by atoms with E-state index in [9.17, 15) is 0 Å². The first-order valence-electron chi connectivity index (χ1n) is 6.64. The number of benzene rings is 2. The molecule has 4 heteroatoms. The molecule has 0 atom stereocenters. The van der Waals surface area contributed by atoms with E-state index in [1.165, 1.54) is 0 Å². The number of methoxy groups -OCH3 is 4. The molecule has 0 heterocycles. The van der Waals surface area contributed by atoms with Gasteiger partial charge in [0.15, 0.2) is 11.5 Å². The first kappa shape index (κ1) is 15.6. The van der Waals surface area contributed by atoms with Gasteiger partial charge in [-0.15, -0.1) is 6.42 Å². The van der Waals surface area contributed by atoms with Crippen molar-refractivity contribution in [3.8, 4) is 46.5 Å². The third-order valence-electron chi connectivity index (χ3n) is 3.38. The maximum atomic E-state index is 5.63. The third kappa shape index (κ3) is 2.66. The van der Waals surface area contributed by atoms with E-state index in [1.54, 1.807) is 28.4 Å².